The molecule has 0 saturated heterocycles. The summed E-state index contributed by atoms with van der Waals surface area (Å²) < 4.78 is 4.46. The molecule has 1 aliphatic carbocycles. The highest BCUT2D eigenvalue weighted by Gasteiger charge is 2.26. The normalized spacial score (nSPS) is 19.0. The summed E-state index contributed by atoms with van der Waals surface area (Å²) in [5, 5.41) is 0. The van der Waals surface area contributed by atoms with E-state index < -0.39 is 11.9 Å². The molecule has 0 bridgehead atoms. The topological polar surface area (TPSA) is 43.4 Å². The van der Waals surface area contributed by atoms with Gasteiger partial charge in [-0.05, 0) is 56.6 Å². The molecule has 0 fully saturated rings. The zero-order valence-corrected chi connectivity index (χ0v) is 16.3. The minimum absolute atomic E-state index is 0.241. The Balaban J connectivity index is 2.74. The van der Waals surface area contributed by atoms with E-state index in [1.54, 1.807) is 6.92 Å². The minimum Gasteiger partial charge on any atom is -0.390 e. The molecule has 0 aromatic carbocycles. The van der Waals surface area contributed by atoms with Gasteiger partial charge in [0.05, 0.1) is 0 Å². The molecule has 0 spiro atoms. The Kier molecular flexibility index (Phi) is 7.82. The van der Waals surface area contributed by atoms with Crippen molar-refractivity contribution >= 4 is 11.9 Å². The average Bonchev–Trinajstić information content (AvgIpc) is 2.44. The Hall–Kier alpha value is -2.16. The lowest BCUT2D eigenvalue weighted by Gasteiger charge is -2.32. The van der Waals surface area contributed by atoms with E-state index in [1.807, 2.05) is 18.2 Å². The van der Waals surface area contributed by atoms with E-state index >= 15 is 0 Å². The van der Waals surface area contributed by atoms with Crippen LogP contribution in [0, 0.1) is 5.41 Å². The van der Waals surface area contributed by atoms with Crippen LogP contribution in [0.2, 0.25) is 0 Å². The minimum atomic E-state index is -0.641. The molecule has 3 nitrogen and oxygen atoms in total. The van der Waals surface area contributed by atoms with Crippen LogP contribution >= 0.6 is 0 Å². The van der Waals surface area contributed by atoms with Gasteiger partial charge in [-0.15, -0.1) is 0 Å². The van der Waals surface area contributed by atoms with Gasteiger partial charge in [-0.25, -0.2) is 4.79 Å². The summed E-state index contributed by atoms with van der Waals surface area (Å²) in [6.07, 6.45) is 15.1. The molecule has 0 heterocycles. The van der Waals surface area contributed by atoms with Crippen molar-refractivity contribution < 1.29 is 14.3 Å². The highest BCUT2D eigenvalue weighted by molar-refractivity contribution is 5.91. The van der Waals surface area contributed by atoms with Crippen molar-refractivity contribution in [1.29, 1.82) is 0 Å². The molecule has 0 unspecified atom stereocenters. The van der Waals surface area contributed by atoms with Gasteiger partial charge in [0.1, 0.15) is 0 Å². The summed E-state index contributed by atoms with van der Waals surface area (Å²) >= 11 is 0. The predicted molar refractivity (Wildman–Crippen MR) is 103 cm³/mol. The lowest BCUT2D eigenvalue weighted by molar-refractivity contribution is -0.154. The van der Waals surface area contributed by atoms with Gasteiger partial charge in [0.2, 0.25) is 0 Å². The lowest BCUT2D eigenvalue weighted by atomic mass is 9.72. The Bertz CT molecular complexity index is 667. The third kappa shape index (κ3) is 7.51. The molecule has 0 atom stereocenters. The molecule has 0 aliphatic heterocycles. The molecule has 0 amide bonds. The molecule has 0 radical (unpaired) electrons. The number of allylic oxidation sites excluding steroid dienone is 9. The molecule has 136 valence electrons. The smallest absolute Gasteiger partial charge is 0.338 e. The molecule has 0 aromatic heterocycles. The van der Waals surface area contributed by atoms with Crippen LogP contribution in [0.5, 0.6) is 0 Å². The quantitative estimate of drug-likeness (QED) is 0.282. The van der Waals surface area contributed by atoms with Crippen molar-refractivity contribution in [2.75, 3.05) is 0 Å². The van der Waals surface area contributed by atoms with Gasteiger partial charge in [-0.1, -0.05) is 55.4 Å². The van der Waals surface area contributed by atoms with E-state index in [4.69, 9.17) is 0 Å². The van der Waals surface area contributed by atoms with Crippen LogP contribution in [0.3, 0.4) is 0 Å². The summed E-state index contributed by atoms with van der Waals surface area (Å²) in [4.78, 5) is 22.0. The van der Waals surface area contributed by atoms with Crippen molar-refractivity contribution in [3.05, 3.63) is 58.7 Å². The number of hydrogen-bond acceptors (Lipinski definition) is 3. The number of carbonyl (C=O) groups is 2. The van der Waals surface area contributed by atoms with Crippen molar-refractivity contribution in [1.82, 2.24) is 0 Å². The monoisotopic (exact) mass is 342 g/mol. The Morgan fingerprint density at radius 1 is 1.08 bits per heavy atom. The van der Waals surface area contributed by atoms with Crippen molar-refractivity contribution in [2.24, 2.45) is 5.41 Å². The van der Waals surface area contributed by atoms with Gasteiger partial charge in [-0.2, -0.15) is 0 Å². The number of carbonyl (C=O) groups excluding carboxylic acids is 2. The van der Waals surface area contributed by atoms with Crippen LogP contribution < -0.4 is 0 Å². The van der Waals surface area contributed by atoms with Crippen LogP contribution in [-0.4, -0.2) is 11.9 Å². The second-order valence-corrected chi connectivity index (χ2v) is 7.34. The van der Waals surface area contributed by atoms with Crippen molar-refractivity contribution in [3.8, 4) is 0 Å². The molecule has 25 heavy (non-hydrogen) atoms. The van der Waals surface area contributed by atoms with E-state index in [2.05, 4.69) is 44.6 Å². The molecule has 1 rings (SSSR count). The largest absolute Gasteiger partial charge is 0.390 e. The van der Waals surface area contributed by atoms with Crippen molar-refractivity contribution in [2.45, 2.75) is 60.8 Å². The summed E-state index contributed by atoms with van der Waals surface area (Å²) in [5.74, 6) is -1.24. The molecule has 1 aliphatic rings. The summed E-state index contributed by atoms with van der Waals surface area (Å²) in [5.41, 5.74) is 5.03. The second-order valence-electron chi connectivity index (χ2n) is 7.34. The fraction of sp³-hybridized carbons (Fsp3) is 0.455. The van der Waals surface area contributed by atoms with E-state index in [1.165, 1.54) is 43.4 Å². The third-order valence-corrected chi connectivity index (χ3v) is 4.36. The Labute approximate surface area is 151 Å². The van der Waals surface area contributed by atoms with Gasteiger partial charge in [0.15, 0.2) is 0 Å². The lowest BCUT2D eigenvalue weighted by Crippen LogP contribution is -2.19. The van der Waals surface area contributed by atoms with Gasteiger partial charge in [0.25, 0.3) is 0 Å². The fourth-order valence-electron chi connectivity index (χ4n) is 3.04. The summed E-state index contributed by atoms with van der Waals surface area (Å²) in [7, 11) is 0. The molecular weight excluding hydrogens is 312 g/mol. The third-order valence-electron chi connectivity index (χ3n) is 4.36. The molecule has 0 N–H and O–H groups in total. The first-order valence-corrected chi connectivity index (χ1v) is 8.76. The van der Waals surface area contributed by atoms with Gasteiger partial charge in [0, 0.05) is 13.0 Å². The average molecular weight is 342 g/mol. The maximum Gasteiger partial charge on any atom is 0.338 e. The fourth-order valence-corrected chi connectivity index (χ4v) is 3.04. The van der Waals surface area contributed by atoms with E-state index in [9.17, 15) is 9.59 Å². The first-order valence-electron chi connectivity index (χ1n) is 8.76. The van der Waals surface area contributed by atoms with Gasteiger partial charge >= 0.3 is 11.9 Å². The second kappa shape index (κ2) is 9.36. The van der Waals surface area contributed by atoms with E-state index in [-0.39, 0.29) is 5.41 Å². The van der Waals surface area contributed by atoms with Crippen LogP contribution in [0.25, 0.3) is 0 Å². The van der Waals surface area contributed by atoms with E-state index in [0.717, 1.165) is 11.1 Å². The number of ether oxygens (including phenoxy) is 1. The van der Waals surface area contributed by atoms with Gasteiger partial charge in [-0.3, -0.25) is 4.79 Å². The number of rotatable bonds is 5. The molecule has 0 aromatic rings. The summed E-state index contributed by atoms with van der Waals surface area (Å²) in [6.45, 7) is 11.9. The molecular formula is C22H30O3. The highest BCUT2D eigenvalue weighted by atomic mass is 16.6. The van der Waals surface area contributed by atoms with Crippen LogP contribution in [0.4, 0.5) is 0 Å². The predicted octanol–water partition coefficient (Wildman–Crippen LogP) is 5.61. The SMILES string of the molecule is CC(=O)OC(=O)C=C(C)C=CC=C(C)C=CC1=C(C)CCCC1(C)C. The Morgan fingerprint density at radius 3 is 2.36 bits per heavy atom. The molecule has 0 saturated carbocycles. The van der Waals surface area contributed by atoms with Crippen LogP contribution in [0.1, 0.15) is 60.8 Å². The maximum atomic E-state index is 11.3. The number of esters is 2. The number of hydrogen-bond donors (Lipinski definition) is 0. The maximum absolute atomic E-state index is 11.3. The standard InChI is InChI=1S/C22H30O3/c1-16(9-7-10-17(2)15-21(24)25-19(4)23)12-13-20-18(3)11-8-14-22(20,5)6/h7,9-10,12-13,15H,8,11,14H2,1-6H3. The zero-order chi connectivity index (χ0) is 19.0. The van der Waals surface area contributed by atoms with Crippen LogP contribution in [-0.2, 0) is 14.3 Å². The van der Waals surface area contributed by atoms with E-state index in [0.29, 0.717) is 0 Å². The highest BCUT2D eigenvalue weighted by Crippen LogP contribution is 2.40. The van der Waals surface area contributed by atoms with Crippen molar-refractivity contribution in [3.63, 3.8) is 0 Å². The first-order chi connectivity index (χ1) is 11.6. The zero-order valence-electron chi connectivity index (χ0n) is 16.3. The van der Waals surface area contributed by atoms with Gasteiger partial charge < -0.3 is 4.74 Å². The first kappa shape index (κ1) is 20.9. The summed E-state index contributed by atoms with van der Waals surface area (Å²) in [6, 6.07) is 0. The van der Waals surface area contributed by atoms with Crippen LogP contribution in [0.15, 0.2) is 58.7 Å². The Morgan fingerprint density at radius 2 is 1.76 bits per heavy atom. The molecule has 3 heteroatoms.